The van der Waals surface area contributed by atoms with Crippen LogP contribution in [0.15, 0.2) is 0 Å². The van der Waals surface area contributed by atoms with Crippen LogP contribution >= 0.6 is 0 Å². The van der Waals surface area contributed by atoms with Crippen LogP contribution in [0.25, 0.3) is 0 Å². The molecule has 2 aliphatic heterocycles. The van der Waals surface area contributed by atoms with E-state index < -0.39 is 0 Å². The van der Waals surface area contributed by atoms with Crippen LogP contribution in [-0.2, 0) is 9.47 Å². The van der Waals surface area contributed by atoms with E-state index in [4.69, 9.17) is 9.47 Å². The van der Waals surface area contributed by atoms with Crippen molar-refractivity contribution in [1.82, 2.24) is 4.90 Å². The number of aliphatic hydroxyl groups is 1. The molecule has 0 aromatic carbocycles. The van der Waals surface area contributed by atoms with E-state index in [1.165, 1.54) is 12.8 Å². The van der Waals surface area contributed by atoms with Gasteiger partial charge in [-0.25, -0.2) is 0 Å². The Bertz CT molecular complexity index is 270. The third kappa shape index (κ3) is 3.23. The highest BCUT2D eigenvalue weighted by Gasteiger charge is 2.49. The topological polar surface area (TPSA) is 41.9 Å². The zero-order chi connectivity index (χ0) is 13.2. The molecule has 4 heteroatoms. The molecule has 0 spiro atoms. The van der Waals surface area contributed by atoms with Crippen LogP contribution in [0, 0.1) is 0 Å². The Morgan fingerprint density at radius 2 is 2.17 bits per heavy atom. The fourth-order valence-electron chi connectivity index (χ4n) is 3.18. The Hall–Kier alpha value is -0.160. The van der Waals surface area contributed by atoms with Crippen LogP contribution in [-0.4, -0.2) is 60.2 Å². The first-order valence-electron chi connectivity index (χ1n) is 7.18. The summed E-state index contributed by atoms with van der Waals surface area (Å²) in [6.07, 6.45) is 3.71. The Labute approximate surface area is 110 Å². The minimum atomic E-state index is -0.372. The molecule has 18 heavy (non-hydrogen) atoms. The SMILES string of the molecule is CC(O)CO[C@H]1CN2CCCC2(COC(C)C)C1. The molecule has 2 rings (SSSR count). The van der Waals surface area contributed by atoms with Gasteiger partial charge in [0.25, 0.3) is 0 Å². The van der Waals surface area contributed by atoms with Crippen LogP contribution < -0.4 is 0 Å². The lowest BCUT2D eigenvalue weighted by Gasteiger charge is -2.32. The van der Waals surface area contributed by atoms with Crippen molar-refractivity contribution in [2.45, 2.75) is 63.9 Å². The van der Waals surface area contributed by atoms with E-state index in [1.54, 1.807) is 6.92 Å². The minimum absolute atomic E-state index is 0.202. The maximum Gasteiger partial charge on any atom is 0.0745 e. The predicted octanol–water partition coefficient (Wildman–Crippen LogP) is 1.42. The highest BCUT2D eigenvalue weighted by Crippen LogP contribution is 2.40. The fourth-order valence-corrected chi connectivity index (χ4v) is 3.18. The Balaban J connectivity index is 1.88. The molecule has 0 bridgehead atoms. The summed E-state index contributed by atoms with van der Waals surface area (Å²) in [5.41, 5.74) is 0.202. The van der Waals surface area contributed by atoms with Gasteiger partial charge in [-0.15, -0.1) is 0 Å². The predicted molar refractivity (Wildman–Crippen MR) is 70.7 cm³/mol. The van der Waals surface area contributed by atoms with Gasteiger partial charge in [-0.1, -0.05) is 0 Å². The second kappa shape index (κ2) is 5.87. The number of hydrogen-bond donors (Lipinski definition) is 1. The Morgan fingerprint density at radius 1 is 1.39 bits per heavy atom. The number of rotatable bonds is 6. The van der Waals surface area contributed by atoms with E-state index in [9.17, 15) is 5.11 Å². The van der Waals surface area contributed by atoms with Gasteiger partial charge in [0.2, 0.25) is 0 Å². The van der Waals surface area contributed by atoms with Crippen LogP contribution in [0.2, 0.25) is 0 Å². The van der Waals surface area contributed by atoms with Crippen LogP contribution in [0.5, 0.6) is 0 Å². The third-order valence-electron chi connectivity index (χ3n) is 4.03. The minimum Gasteiger partial charge on any atom is -0.391 e. The van der Waals surface area contributed by atoms with Crippen molar-refractivity contribution in [1.29, 1.82) is 0 Å². The molecule has 3 atom stereocenters. The van der Waals surface area contributed by atoms with Crippen molar-refractivity contribution in [2.24, 2.45) is 0 Å². The van der Waals surface area contributed by atoms with E-state index in [1.807, 2.05) is 0 Å². The van der Waals surface area contributed by atoms with Gasteiger partial charge < -0.3 is 14.6 Å². The molecule has 1 N–H and O–H groups in total. The zero-order valence-electron chi connectivity index (χ0n) is 11.9. The number of nitrogens with zero attached hydrogens (tertiary/aromatic N) is 1. The van der Waals surface area contributed by atoms with E-state index >= 15 is 0 Å². The molecule has 0 amide bonds. The van der Waals surface area contributed by atoms with Crippen molar-refractivity contribution in [2.75, 3.05) is 26.3 Å². The standard InChI is InChI=1S/C14H27NO3/c1-11(2)18-10-14-5-4-6-15(14)8-13(7-14)17-9-12(3)16/h11-13,16H,4-10H2,1-3H3/t12?,13-,14?/m1/s1. The Morgan fingerprint density at radius 3 is 2.83 bits per heavy atom. The first kappa shape index (κ1) is 14.3. The molecule has 2 aliphatic rings. The van der Waals surface area contributed by atoms with Gasteiger partial charge in [-0.05, 0) is 46.6 Å². The van der Waals surface area contributed by atoms with Gasteiger partial charge in [0.05, 0.1) is 31.5 Å². The Kier molecular flexibility index (Phi) is 4.64. The lowest BCUT2D eigenvalue weighted by atomic mass is 9.94. The second-order valence-electron chi connectivity index (χ2n) is 6.14. The van der Waals surface area contributed by atoms with Crippen LogP contribution in [0.3, 0.4) is 0 Å². The van der Waals surface area contributed by atoms with E-state index in [2.05, 4.69) is 18.7 Å². The van der Waals surface area contributed by atoms with E-state index in [0.29, 0.717) is 12.7 Å². The molecular formula is C14H27NO3. The van der Waals surface area contributed by atoms with Gasteiger partial charge in [0.1, 0.15) is 0 Å². The molecule has 0 radical (unpaired) electrons. The van der Waals surface area contributed by atoms with Crippen molar-refractivity contribution < 1.29 is 14.6 Å². The molecule has 2 fully saturated rings. The first-order chi connectivity index (χ1) is 8.52. The summed E-state index contributed by atoms with van der Waals surface area (Å²) >= 11 is 0. The van der Waals surface area contributed by atoms with Gasteiger partial charge >= 0.3 is 0 Å². The van der Waals surface area contributed by atoms with Crippen molar-refractivity contribution in [3.63, 3.8) is 0 Å². The molecule has 2 heterocycles. The lowest BCUT2D eigenvalue weighted by molar-refractivity contribution is -0.00785. The van der Waals surface area contributed by atoms with Gasteiger partial charge in [0.15, 0.2) is 0 Å². The largest absolute Gasteiger partial charge is 0.391 e. The van der Waals surface area contributed by atoms with Crippen molar-refractivity contribution in [3.05, 3.63) is 0 Å². The molecule has 4 nitrogen and oxygen atoms in total. The summed E-state index contributed by atoms with van der Waals surface area (Å²) < 4.78 is 11.6. The smallest absolute Gasteiger partial charge is 0.0745 e. The summed E-state index contributed by atoms with van der Waals surface area (Å²) in [5.74, 6) is 0. The molecule has 2 unspecified atom stereocenters. The highest BCUT2D eigenvalue weighted by molar-refractivity contribution is 5.04. The third-order valence-corrected chi connectivity index (χ3v) is 4.03. The number of fused-ring (bicyclic) bond motifs is 1. The zero-order valence-corrected chi connectivity index (χ0v) is 11.9. The van der Waals surface area contributed by atoms with Gasteiger partial charge in [-0.3, -0.25) is 4.90 Å². The normalized spacial score (nSPS) is 34.2. The fraction of sp³-hybridized carbons (Fsp3) is 1.00. The van der Waals surface area contributed by atoms with Crippen molar-refractivity contribution >= 4 is 0 Å². The second-order valence-corrected chi connectivity index (χ2v) is 6.14. The van der Waals surface area contributed by atoms with Crippen LogP contribution in [0.4, 0.5) is 0 Å². The molecular weight excluding hydrogens is 230 g/mol. The maximum atomic E-state index is 9.29. The summed E-state index contributed by atoms with van der Waals surface area (Å²) in [4.78, 5) is 2.53. The van der Waals surface area contributed by atoms with E-state index in [0.717, 1.165) is 26.1 Å². The number of ether oxygens (including phenoxy) is 2. The summed E-state index contributed by atoms with van der Waals surface area (Å²) in [6, 6.07) is 0. The van der Waals surface area contributed by atoms with Gasteiger partial charge in [0, 0.05) is 12.1 Å². The molecule has 0 aromatic rings. The molecule has 2 saturated heterocycles. The summed E-state index contributed by atoms with van der Waals surface area (Å²) in [5, 5.41) is 9.29. The molecule has 0 aromatic heterocycles. The average molecular weight is 257 g/mol. The van der Waals surface area contributed by atoms with Crippen LogP contribution in [0.1, 0.15) is 40.0 Å². The molecule has 0 aliphatic carbocycles. The maximum absolute atomic E-state index is 9.29. The lowest BCUT2D eigenvalue weighted by Crippen LogP contribution is -2.43. The highest BCUT2D eigenvalue weighted by atomic mass is 16.5. The monoisotopic (exact) mass is 257 g/mol. The molecule has 0 saturated carbocycles. The number of aliphatic hydroxyl groups excluding tert-OH is 1. The van der Waals surface area contributed by atoms with Gasteiger partial charge in [-0.2, -0.15) is 0 Å². The summed E-state index contributed by atoms with van der Waals surface area (Å²) in [7, 11) is 0. The average Bonchev–Trinajstić information content (AvgIpc) is 2.79. The number of hydrogen-bond acceptors (Lipinski definition) is 4. The molecule has 106 valence electrons. The first-order valence-corrected chi connectivity index (χ1v) is 7.18. The quantitative estimate of drug-likeness (QED) is 0.781. The van der Waals surface area contributed by atoms with Crippen molar-refractivity contribution in [3.8, 4) is 0 Å². The van der Waals surface area contributed by atoms with E-state index in [-0.39, 0.29) is 17.7 Å². The summed E-state index contributed by atoms with van der Waals surface area (Å²) in [6.45, 7) is 9.37.